The van der Waals surface area contributed by atoms with Gasteiger partial charge in [-0.2, -0.15) is 0 Å². The molecule has 0 unspecified atom stereocenters. The Morgan fingerprint density at radius 3 is 2.71 bits per heavy atom. The van der Waals surface area contributed by atoms with E-state index >= 15 is 0 Å². The van der Waals surface area contributed by atoms with E-state index in [1.165, 1.54) is 28.4 Å². The fourth-order valence-corrected chi connectivity index (χ4v) is 5.66. The first-order chi connectivity index (χ1) is 18.5. The maximum Gasteiger partial charge on any atom is 0.129 e. The number of aliphatic imine (C=N–C) groups is 1. The highest BCUT2D eigenvalue weighted by Gasteiger charge is 2.37. The summed E-state index contributed by atoms with van der Waals surface area (Å²) in [5.74, 6) is 1.25. The number of hydrogen-bond donors (Lipinski definition) is 1. The minimum absolute atomic E-state index is 0.123. The molecule has 0 amide bonds. The number of anilines is 1. The number of halogens is 2. The lowest BCUT2D eigenvalue weighted by molar-refractivity contribution is 0.299. The Balaban J connectivity index is 1.20. The van der Waals surface area contributed by atoms with Gasteiger partial charge in [0, 0.05) is 34.0 Å². The summed E-state index contributed by atoms with van der Waals surface area (Å²) in [5, 5.41) is 4.38. The maximum absolute atomic E-state index is 14.0. The van der Waals surface area contributed by atoms with Gasteiger partial charge in [-0.15, -0.1) is 0 Å². The molecule has 4 aromatic rings. The van der Waals surface area contributed by atoms with Crippen LogP contribution in [0.4, 0.5) is 15.8 Å². The number of nitrogens with zero attached hydrogens (tertiary/aromatic N) is 1. The van der Waals surface area contributed by atoms with E-state index in [4.69, 9.17) is 16.3 Å². The molecule has 1 N–H and O–H groups in total. The minimum Gasteiger partial charge on any atom is -0.488 e. The van der Waals surface area contributed by atoms with Crippen molar-refractivity contribution in [1.82, 2.24) is 0 Å². The zero-order valence-electron chi connectivity index (χ0n) is 21.1. The highest BCUT2D eigenvalue weighted by Crippen LogP contribution is 2.50. The van der Waals surface area contributed by atoms with E-state index in [0.29, 0.717) is 28.2 Å². The fraction of sp³-hybridized carbons (Fsp3) is 0.182. The summed E-state index contributed by atoms with van der Waals surface area (Å²) in [6.45, 7) is 2.28. The summed E-state index contributed by atoms with van der Waals surface area (Å²) in [6.07, 6.45) is 7.50. The van der Waals surface area contributed by atoms with Crippen LogP contribution in [-0.4, -0.2) is 6.21 Å². The monoisotopic (exact) mass is 522 g/mol. The Morgan fingerprint density at radius 1 is 1.03 bits per heavy atom. The third kappa shape index (κ3) is 4.97. The summed E-state index contributed by atoms with van der Waals surface area (Å²) >= 11 is 6.25. The van der Waals surface area contributed by atoms with Gasteiger partial charge in [0.05, 0.1) is 11.7 Å². The van der Waals surface area contributed by atoms with Crippen LogP contribution in [0.3, 0.4) is 0 Å². The lowest BCUT2D eigenvalue weighted by Gasteiger charge is -2.37. The van der Waals surface area contributed by atoms with Gasteiger partial charge in [0.2, 0.25) is 0 Å². The molecule has 1 aliphatic heterocycles. The number of aryl methyl sites for hydroxylation is 1. The summed E-state index contributed by atoms with van der Waals surface area (Å²) in [5.41, 5.74) is 7.24. The molecule has 0 aromatic heterocycles. The van der Waals surface area contributed by atoms with Crippen LogP contribution < -0.4 is 10.1 Å². The van der Waals surface area contributed by atoms with Crippen molar-refractivity contribution in [1.29, 1.82) is 0 Å². The van der Waals surface area contributed by atoms with Crippen LogP contribution in [0.2, 0.25) is 5.02 Å². The molecule has 5 heteroatoms. The SMILES string of the molecule is Cc1ccc2c(c1)[C@@H]1C=CC[C@H]1[C@@H](c1ccc(N=Cc3cc(Cl)ccc3OCc3ccccc3F)cc1)N2. The molecule has 0 saturated carbocycles. The van der Waals surface area contributed by atoms with E-state index in [-0.39, 0.29) is 18.5 Å². The number of hydrogen-bond acceptors (Lipinski definition) is 3. The smallest absolute Gasteiger partial charge is 0.129 e. The van der Waals surface area contributed by atoms with Gasteiger partial charge < -0.3 is 10.1 Å². The van der Waals surface area contributed by atoms with Crippen LogP contribution in [0.1, 0.15) is 46.2 Å². The van der Waals surface area contributed by atoms with Crippen molar-refractivity contribution in [3.05, 3.63) is 136 Å². The minimum atomic E-state index is -0.289. The lowest BCUT2D eigenvalue weighted by Crippen LogP contribution is -2.29. The van der Waals surface area contributed by atoms with Crippen molar-refractivity contribution in [2.45, 2.75) is 31.9 Å². The first-order valence-electron chi connectivity index (χ1n) is 12.9. The molecule has 1 aliphatic carbocycles. The third-order valence-electron chi connectivity index (χ3n) is 7.44. The van der Waals surface area contributed by atoms with Crippen LogP contribution in [-0.2, 0) is 6.61 Å². The number of ether oxygens (including phenoxy) is 1. The molecular weight excluding hydrogens is 495 g/mol. The van der Waals surface area contributed by atoms with Gasteiger partial charge in [-0.05, 0) is 72.9 Å². The molecule has 0 radical (unpaired) electrons. The van der Waals surface area contributed by atoms with Gasteiger partial charge in [0.25, 0.3) is 0 Å². The molecular formula is C33H28ClFN2O. The molecule has 4 aromatic carbocycles. The molecule has 190 valence electrons. The molecule has 6 rings (SSSR count). The van der Waals surface area contributed by atoms with Crippen molar-refractivity contribution >= 4 is 29.2 Å². The first kappa shape index (κ1) is 24.4. The van der Waals surface area contributed by atoms with E-state index in [9.17, 15) is 4.39 Å². The highest BCUT2D eigenvalue weighted by atomic mass is 35.5. The van der Waals surface area contributed by atoms with E-state index in [1.54, 1.807) is 42.6 Å². The Bertz CT molecular complexity index is 1530. The molecule has 0 bridgehead atoms. The molecule has 0 fully saturated rings. The van der Waals surface area contributed by atoms with Crippen molar-refractivity contribution in [2.24, 2.45) is 10.9 Å². The van der Waals surface area contributed by atoms with Crippen LogP contribution in [0, 0.1) is 18.7 Å². The predicted octanol–water partition coefficient (Wildman–Crippen LogP) is 8.94. The summed E-state index contributed by atoms with van der Waals surface area (Å²) < 4.78 is 19.9. The Hall–Kier alpha value is -3.89. The molecule has 0 saturated heterocycles. The van der Waals surface area contributed by atoms with Crippen LogP contribution >= 0.6 is 11.6 Å². The zero-order chi connectivity index (χ0) is 26.1. The zero-order valence-corrected chi connectivity index (χ0v) is 21.8. The van der Waals surface area contributed by atoms with Crippen molar-refractivity contribution in [2.75, 3.05) is 5.32 Å². The Labute approximate surface area is 227 Å². The topological polar surface area (TPSA) is 33.6 Å². The van der Waals surface area contributed by atoms with Crippen molar-refractivity contribution < 1.29 is 9.13 Å². The van der Waals surface area contributed by atoms with Crippen molar-refractivity contribution in [3.63, 3.8) is 0 Å². The summed E-state index contributed by atoms with van der Waals surface area (Å²) in [4.78, 5) is 4.68. The number of fused-ring (bicyclic) bond motifs is 3. The van der Waals surface area contributed by atoms with Gasteiger partial charge >= 0.3 is 0 Å². The van der Waals surface area contributed by atoms with Gasteiger partial charge in [0.15, 0.2) is 0 Å². The molecule has 1 heterocycles. The van der Waals surface area contributed by atoms with Gasteiger partial charge in [0.1, 0.15) is 18.2 Å². The molecule has 0 spiro atoms. The van der Waals surface area contributed by atoms with E-state index in [0.717, 1.165) is 17.7 Å². The molecule has 38 heavy (non-hydrogen) atoms. The van der Waals surface area contributed by atoms with E-state index in [1.807, 2.05) is 12.1 Å². The number of benzene rings is 4. The van der Waals surface area contributed by atoms with Gasteiger partial charge in [-0.3, -0.25) is 4.99 Å². The molecule has 2 aliphatic rings. The van der Waals surface area contributed by atoms with Crippen molar-refractivity contribution in [3.8, 4) is 5.75 Å². The number of rotatable bonds is 6. The van der Waals surface area contributed by atoms with Gasteiger partial charge in [-0.1, -0.05) is 71.8 Å². The van der Waals surface area contributed by atoms with E-state index < -0.39 is 0 Å². The Morgan fingerprint density at radius 2 is 1.87 bits per heavy atom. The van der Waals surface area contributed by atoms with Gasteiger partial charge in [-0.25, -0.2) is 4.39 Å². The lowest BCUT2D eigenvalue weighted by atomic mass is 9.76. The van der Waals surface area contributed by atoms with E-state index in [2.05, 4.69) is 59.7 Å². The van der Waals surface area contributed by atoms with Crippen LogP contribution in [0.15, 0.2) is 102 Å². The summed E-state index contributed by atoms with van der Waals surface area (Å²) in [6, 6.07) is 27.3. The standard InChI is InChI=1S/C33H28ClFN2O/c1-21-9-15-31-29(17-21)27-6-4-7-28(27)33(37-31)22-10-13-26(14-11-22)36-19-24-18-25(34)12-16-32(24)38-20-23-5-2-3-8-30(23)35/h2-6,8-19,27-28,33,37H,7,20H2,1H3/t27-,28-,33-/m1/s1. The van der Waals surface area contributed by atoms with Crippen LogP contribution in [0.5, 0.6) is 5.75 Å². The second-order valence-corrected chi connectivity index (χ2v) is 10.4. The normalized spacial score (nSPS) is 19.7. The average Bonchev–Trinajstić information content (AvgIpc) is 3.43. The number of nitrogens with one attached hydrogen (secondary N) is 1. The molecule has 3 nitrogen and oxygen atoms in total. The quantitative estimate of drug-likeness (QED) is 0.202. The maximum atomic E-state index is 14.0. The largest absolute Gasteiger partial charge is 0.488 e. The molecule has 3 atom stereocenters. The second-order valence-electron chi connectivity index (χ2n) is 9.98. The average molecular weight is 523 g/mol. The van der Waals surface area contributed by atoms with Crippen LogP contribution in [0.25, 0.3) is 0 Å². The number of allylic oxidation sites excluding steroid dienone is 2. The first-order valence-corrected chi connectivity index (χ1v) is 13.3. The highest BCUT2D eigenvalue weighted by molar-refractivity contribution is 6.30. The fourth-order valence-electron chi connectivity index (χ4n) is 5.48. The second kappa shape index (κ2) is 10.5. The Kier molecular flexibility index (Phi) is 6.73. The summed E-state index contributed by atoms with van der Waals surface area (Å²) in [7, 11) is 0. The third-order valence-corrected chi connectivity index (χ3v) is 7.67. The predicted molar refractivity (Wildman–Crippen MR) is 153 cm³/mol.